The maximum Gasteiger partial charge on any atom is 0.306 e. The summed E-state index contributed by atoms with van der Waals surface area (Å²) in [6.45, 7) is 4.47. The van der Waals surface area contributed by atoms with Crippen LogP contribution in [0.5, 0.6) is 5.75 Å². The fourth-order valence-electron chi connectivity index (χ4n) is 4.51. The zero-order valence-electron chi connectivity index (χ0n) is 20.5. The number of benzene rings is 3. The monoisotopic (exact) mass is 518 g/mol. The van der Waals surface area contributed by atoms with E-state index in [4.69, 9.17) is 14.4 Å². The van der Waals surface area contributed by atoms with Crippen LogP contribution in [0.1, 0.15) is 37.8 Å². The molecule has 1 saturated carbocycles. The van der Waals surface area contributed by atoms with Crippen LogP contribution in [0.4, 0.5) is 0 Å². The molecule has 0 saturated heterocycles. The molecule has 190 valence electrons. The van der Waals surface area contributed by atoms with Gasteiger partial charge >= 0.3 is 5.97 Å². The van der Waals surface area contributed by atoms with Crippen molar-refractivity contribution in [3.63, 3.8) is 0 Å². The van der Waals surface area contributed by atoms with Gasteiger partial charge in [-0.05, 0) is 61.2 Å². The molecule has 3 aromatic carbocycles. The number of carbonyl (C=O) groups is 1. The molecule has 1 aliphatic rings. The van der Waals surface area contributed by atoms with Crippen molar-refractivity contribution in [1.82, 2.24) is 15.5 Å². The highest BCUT2D eigenvalue weighted by atomic mass is 35.5. The van der Waals surface area contributed by atoms with Crippen LogP contribution in [0.3, 0.4) is 0 Å². The predicted molar refractivity (Wildman–Crippen MR) is 141 cm³/mol. The summed E-state index contributed by atoms with van der Waals surface area (Å²) in [5.41, 5.74) is 3.02. The van der Waals surface area contributed by atoms with Gasteiger partial charge in [0.25, 0.3) is 5.89 Å². The van der Waals surface area contributed by atoms with Crippen molar-refractivity contribution in [1.29, 1.82) is 5.26 Å². The van der Waals surface area contributed by atoms with Crippen LogP contribution >= 0.6 is 12.4 Å². The zero-order chi connectivity index (χ0) is 25.2. The predicted octanol–water partition coefficient (Wildman–Crippen LogP) is 5.59. The summed E-state index contributed by atoms with van der Waals surface area (Å²) in [5, 5.41) is 28.4. The number of aliphatic carboxylic acids is 1. The molecule has 0 bridgehead atoms. The number of nitrogens with zero attached hydrogens (tertiary/aromatic N) is 3. The number of nitrogens with one attached hydrogen (secondary N) is 1. The molecule has 0 atom stereocenters. The van der Waals surface area contributed by atoms with E-state index < -0.39 is 5.97 Å². The Bertz CT molecular complexity index is 1470. The van der Waals surface area contributed by atoms with E-state index in [1.807, 2.05) is 44.2 Å². The van der Waals surface area contributed by atoms with E-state index in [0.29, 0.717) is 48.0 Å². The number of hydrogen-bond acceptors (Lipinski definition) is 7. The first-order valence-electron chi connectivity index (χ1n) is 11.9. The molecule has 1 aliphatic carbocycles. The summed E-state index contributed by atoms with van der Waals surface area (Å²) in [6, 6.07) is 19.7. The Morgan fingerprint density at radius 3 is 2.65 bits per heavy atom. The highest BCUT2D eigenvalue weighted by Gasteiger charge is 2.33. The summed E-state index contributed by atoms with van der Waals surface area (Å²) >= 11 is 0. The maximum atomic E-state index is 11.1. The number of hydrogen-bond donors (Lipinski definition) is 2. The lowest BCUT2D eigenvalue weighted by Crippen LogP contribution is -2.43. The number of aromatic nitrogens is 2. The zero-order valence-corrected chi connectivity index (χ0v) is 21.3. The fraction of sp³-hybridized carbons (Fsp3) is 0.286. The molecule has 2 N–H and O–H groups in total. The SMILES string of the molecule is CC(C)Oc1ccc(-c2nc(-c3ccc(CNC4CC(C(=O)O)C4)c4ccccc34)no2)cc1C#N.Cl. The van der Waals surface area contributed by atoms with Gasteiger partial charge in [0.15, 0.2) is 0 Å². The van der Waals surface area contributed by atoms with Crippen LogP contribution in [0.2, 0.25) is 0 Å². The number of fused-ring (bicyclic) bond motifs is 1. The Morgan fingerprint density at radius 1 is 1.19 bits per heavy atom. The maximum absolute atomic E-state index is 11.1. The Labute approximate surface area is 220 Å². The van der Waals surface area contributed by atoms with Crippen molar-refractivity contribution in [3.05, 3.63) is 65.7 Å². The van der Waals surface area contributed by atoms with Crippen molar-refractivity contribution in [2.45, 2.75) is 45.4 Å². The third-order valence-electron chi connectivity index (χ3n) is 6.46. The van der Waals surface area contributed by atoms with E-state index in [-0.39, 0.29) is 30.5 Å². The number of rotatable bonds is 8. The second kappa shape index (κ2) is 11.0. The Kier molecular flexibility index (Phi) is 7.77. The van der Waals surface area contributed by atoms with Crippen LogP contribution in [0, 0.1) is 17.2 Å². The largest absolute Gasteiger partial charge is 0.490 e. The average Bonchev–Trinajstić information content (AvgIpc) is 3.32. The Hall–Kier alpha value is -3.93. The Morgan fingerprint density at radius 2 is 1.95 bits per heavy atom. The van der Waals surface area contributed by atoms with Crippen LogP contribution in [0.25, 0.3) is 33.6 Å². The van der Waals surface area contributed by atoms with Gasteiger partial charge in [-0.1, -0.05) is 41.6 Å². The summed E-state index contributed by atoms with van der Waals surface area (Å²) in [4.78, 5) is 15.7. The second-order valence-corrected chi connectivity index (χ2v) is 9.31. The van der Waals surface area contributed by atoms with E-state index in [1.165, 1.54) is 0 Å². The van der Waals surface area contributed by atoms with Crippen molar-refractivity contribution in [3.8, 4) is 34.7 Å². The third kappa shape index (κ3) is 5.43. The lowest BCUT2D eigenvalue weighted by atomic mass is 9.80. The van der Waals surface area contributed by atoms with Gasteiger partial charge < -0.3 is 19.7 Å². The molecule has 0 unspecified atom stereocenters. The van der Waals surface area contributed by atoms with E-state index in [1.54, 1.807) is 18.2 Å². The van der Waals surface area contributed by atoms with Crippen LogP contribution in [-0.4, -0.2) is 33.4 Å². The van der Waals surface area contributed by atoms with Crippen molar-refractivity contribution in [2.75, 3.05) is 0 Å². The highest BCUT2D eigenvalue weighted by molar-refractivity contribution is 5.97. The molecule has 4 aromatic rings. The van der Waals surface area contributed by atoms with Crippen LogP contribution < -0.4 is 10.1 Å². The van der Waals surface area contributed by atoms with Gasteiger partial charge in [0, 0.05) is 23.7 Å². The fourth-order valence-corrected chi connectivity index (χ4v) is 4.51. The minimum atomic E-state index is -0.717. The van der Waals surface area contributed by atoms with Crippen LogP contribution in [0.15, 0.2) is 59.1 Å². The van der Waals surface area contributed by atoms with E-state index in [2.05, 4.69) is 27.6 Å². The molecular weight excluding hydrogens is 492 g/mol. The number of halogens is 1. The molecule has 37 heavy (non-hydrogen) atoms. The lowest BCUT2D eigenvalue weighted by molar-refractivity contribution is -0.145. The highest BCUT2D eigenvalue weighted by Crippen LogP contribution is 2.33. The first-order valence-corrected chi connectivity index (χ1v) is 11.9. The van der Waals surface area contributed by atoms with Gasteiger partial charge in [0.1, 0.15) is 11.8 Å². The summed E-state index contributed by atoms with van der Waals surface area (Å²) in [5.74, 6) is 0.352. The quantitative estimate of drug-likeness (QED) is 0.309. The number of ether oxygens (including phenoxy) is 1. The van der Waals surface area contributed by atoms with Gasteiger partial charge in [0.05, 0.1) is 17.6 Å². The molecule has 5 rings (SSSR count). The van der Waals surface area contributed by atoms with E-state index in [9.17, 15) is 10.1 Å². The first kappa shape index (κ1) is 26.1. The minimum absolute atomic E-state index is 0. The van der Waals surface area contributed by atoms with Gasteiger partial charge in [-0.15, -0.1) is 12.4 Å². The number of nitriles is 1. The normalized spacial score (nSPS) is 16.6. The van der Waals surface area contributed by atoms with E-state index in [0.717, 1.165) is 21.9 Å². The topological polar surface area (TPSA) is 121 Å². The average molecular weight is 519 g/mol. The molecule has 1 fully saturated rings. The Balaban J connectivity index is 0.00000320. The molecule has 9 heteroatoms. The van der Waals surface area contributed by atoms with Gasteiger partial charge in [0.2, 0.25) is 5.82 Å². The molecule has 0 amide bonds. The molecule has 8 nitrogen and oxygen atoms in total. The first-order chi connectivity index (χ1) is 17.4. The van der Waals surface area contributed by atoms with Crippen molar-refractivity contribution in [2.24, 2.45) is 5.92 Å². The smallest absolute Gasteiger partial charge is 0.306 e. The molecular formula is C28H27ClN4O4. The summed E-state index contributed by atoms with van der Waals surface area (Å²) in [7, 11) is 0. The summed E-state index contributed by atoms with van der Waals surface area (Å²) < 4.78 is 11.3. The molecule has 0 radical (unpaired) electrons. The molecule has 1 aromatic heterocycles. The van der Waals surface area contributed by atoms with E-state index >= 15 is 0 Å². The standard InChI is InChI=1S/C28H26N4O4.ClH/c1-16(2)35-25-10-8-17(11-20(25)14-29)27-31-26(32-36-27)24-9-7-18(22-5-3-4-6-23(22)24)15-30-21-12-19(13-21)28(33)34;/h3-11,16,19,21,30H,12-13,15H2,1-2H3,(H,33,34);1H. The summed E-state index contributed by atoms with van der Waals surface area (Å²) in [6.07, 6.45) is 1.28. The molecule has 0 spiro atoms. The van der Waals surface area contributed by atoms with Gasteiger partial charge in [-0.2, -0.15) is 10.2 Å². The van der Waals surface area contributed by atoms with Crippen molar-refractivity contribution >= 4 is 29.1 Å². The minimum Gasteiger partial charge on any atom is -0.490 e. The van der Waals surface area contributed by atoms with Crippen LogP contribution in [-0.2, 0) is 11.3 Å². The van der Waals surface area contributed by atoms with Crippen molar-refractivity contribution < 1.29 is 19.2 Å². The van der Waals surface area contributed by atoms with Gasteiger partial charge in [-0.25, -0.2) is 0 Å². The van der Waals surface area contributed by atoms with Gasteiger partial charge in [-0.3, -0.25) is 4.79 Å². The second-order valence-electron chi connectivity index (χ2n) is 9.31. The lowest BCUT2D eigenvalue weighted by Gasteiger charge is -2.33. The number of carboxylic acids is 1. The molecule has 1 heterocycles. The third-order valence-corrected chi connectivity index (χ3v) is 6.46. The number of carboxylic acid groups (broad SMARTS) is 1. The molecule has 0 aliphatic heterocycles.